The van der Waals surface area contributed by atoms with Crippen LogP contribution in [0.15, 0.2) is 65.2 Å². The Morgan fingerprint density at radius 3 is 2.56 bits per heavy atom. The van der Waals surface area contributed by atoms with Crippen molar-refractivity contribution in [3.63, 3.8) is 0 Å². The lowest BCUT2D eigenvalue weighted by molar-refractivity contribution is -0.0605. The molecular formula is C35H27F3N6O3S. The molecule has 2 N–H and O–H groups in total. The molecule has 6 heterocycles. The van der Waals surface area contributed by atoms with Gasteiger partial charge in [-0.3, -0.25) is 9.78 Å². The summed E-state index contributed by atoms with van der Waals surface area (Å²) in [7, 11) is 0. The van der Waals surface area contributed by atoms with Gasteiger partial charge in [0.25, 0.3) is 5.91 Å². The Balaban J connectivity index is 1.30. The first-order valence-corrected chi connectivity index (χ1v) is 16.2. The SMILES string of the molecule is Cc1nnc(-c2c(CCc3ccc(F)cc3)nc3c(c2-c2cc4ccnc(NCc5ccc(F)c(F)c5)c4s2)C(=O)N2CCC[C@]32O)o1. The van der Waals surface area contributed by atoms with Crippen LogP contribution in [-0.4, -0.2) is 42.6 Å². The molecule has 0 spiro atoms. The molecule has 9 nitrogen and oxygen atoms in total. The molecule has 0 bridgehead atoms. The van der Waals surface area contributed by atoms with Crippen molar-refractivity contribution in [1.82, 2.24) is 25.1 Å². The molecule has 6 aromatic rings. The first-order valence-electron chi connectivity index (χ1n) is 15.4. The topological polar surface area (TPSA) is 117 Å². The van der Waals surface area contributed by atoms with Crippen LogP contribution in [-0.2, 0) is 25.1 Å². The fourth-order valence-electron chi connectivity index (χ4n) is 6.60. The maximum atomic E-state index is 14.1. The van der Waals surface area contributed by atoms with Crippen molar-refractivity contribution in [2.75, 3.05) is 11.9 Å². The van der Waals surface area contributed by atoms with Crippen molar-refractivity contribution in [3.8, 4) is 21.9 Å². The van der Waals surface area contributed by atoms with E-state index in [1.807, 2.05) is 12.1 Å². The lowest BCUT2D eigenvalue weighted by Gasteiger charge is -2.25. The number of nitrogens with zero attached hydrogens (tertiary/aromatic N) is 5. The number of hydrogen-bond acceptors (Lipinski definition) is 9. The molecule has 8 rings (SSSR count). The quantitative estimate of drug-likeness (QED) is 0.180. The highest BCUT2D eigenvalue weighted by atomic mass is 32.1. The number of aryl methyl sites for hydroxylation is 3. The Bertz CT molecular complexity index is 2240. The zero-order chi connectivity index (χ0) is 33.2. The van der Waals surface area contributed by atoms with Crippen molar-refractivity contribution in [3.05, 3.63) is 112 Å². The minimum Gasteiger partial charge on any atom is -0.421 e. The van der Waals surface area contributed by atoms with E-state index in [1.165, 1.54) is 34.4 Å². The van der Waals surface area contributed by atoms with Gasteiger partial charge in [0.05, 0.1) is 21.5 Å². The van der Waals surface area contributed by atoms with Gasteiger partial charge in [0.2, 0.25) is 11.8 Å². The van der Waals surface area contributed by atoms with Crippen LogP contribution in [0, 0.1) is 24.4 Å². The zero-order valence-corrected chi connectivity index (χ0v) is 26.4. The number of thiophene rings is 1. The maximum absolute atomic E-state index is 14.1. The maximum Gasteiger partial charge on any atom is 0.259 e. The van der Waals surface area contributed by atoms with Gasteiger partial charge in [0, 0.05) is 43.1 Å². The third-order valence-corrected chi connectivity index (χ3v) is 10.1. The predicted octanol–water partition coefficient (Wildman–Crippen LogP) is 6.93. The zero-order valence-electron chi connectivity index (χ0n) is 25.6. The molecule has 13 heteroatoms. The smallest absolute Gasteiger partial charge is 0.259 e. The number of anilines is 1. The molecule has 1 amide bonds. The van der Waals surface area contributed by atoms with E-state index in [9.17, 15) is 23.1 Å². The average molecular weight is 669 g/mol. The summed E-state index contributed by atoms with van der Waals surface area (Å²) in [5, 5.41) is 24.4. The summed E-state index contributed by atoms with van der Waals surface area (Å²) in [6.07, 6.45) is 3.50. The van der Waals surface area contributed by atoms with Crippen LogP contribution >= 0.6 is 11.3 Å². The Labute approximate surface area is 276 Å². The monoisotopic (exact) mass is 668 g/mol. The van der Waals surface area contributed by atoms with Crippen LogP contribution in [0.25, 0.3) is 32.0 Å². The van der Waals surface area contributed by atoms with Crippen LogP contribution in [0.2, 0.25) is 0 Å². The van der Waals surface area contributed by atoms with Crippen molar-refractivity contribution in [1.29, 1.82) is 0 Å². The summed E-state index contributed by atoms with van der Waals surface area (Å²) in [6.45, 7) is 2.26. The number of pyridine rings is 2. The molecule has 48 heavy (non-hydrogen) atoms. The highest BCUT2D eigenvalue weighted by Crippen LogP contribution is 2.51. The summed E-state index contributed by atoms with van der Waals surface area (Å²) in [6, 6.07) is 13.7. The molecule has 242 valence electrons. The van der Waals surface area contributed by atoms with Gasteiger partial charge < -0.3 is 19.7 Å². The van der Waals surface area contributed by atoms with Gasteiger partial charge in [-0.05, 0) is 72.2 Å². The minimum absolute atomic E-state index is 0.186. The fraction of sp³-hybridized carbons (Fsp3) is 0.229. The van der Waals surface area contributed by atoms with Crippen LogP contribution < -0.4 is 5.32 Å². The largest absolute Gasteiger partial charge is 0.421 e. The Morgan fingerprint density at radius 1 is 0.979 bits per heavy atom. The van der Waals surface area contributed by atoms with Crippen molar-refractivity contribution >= 4 is 33.1 Å². The van der Waals surface area contributed by atoms with Crippen molar-refractivity contribution in [2.45, 2.75) is 44.9 Å². The van der Waals surface area contributed by atoms with E-state index in [2.05, 4.69) is 20.5 Å². The number of carbonyl (C=O) groups excluding carboxylic acids is 1. The molecule has 1 fully saturated rings. The molecule has 2 aliphatic rings. The normalized spacial score (nSPS) is 16.9. The Kier molecular flexibility index (Phi) is 7.26. The van der Waals surface area contributed by atoms with E-state index < -0.39 is 17.4 Å². The van der Waals surface area contributed by atoms with Gasteiger partial charge in [-0.2, -0.15) is 0 Å². The van der Waals surface area contributed by atoms with Crippen LogP contribution in [0.1, 0.15) is 51.6 Å². The highest BCUT2D eigenvalue weighted by molar-refractivity contribution is 7.23. The first kappa shape index (κ1) is 30.2. The summed E-state index contributed by atoms with van der Waals surface area (Å²) >= 11 is 1.38. The van der Waals surface area contributed by atoms with Crippen molar-refractivity contribution < 1.29 is 27.5 Å². The summed E-state index contributed by atoms with van der Waals surface area (Å²) in [5.74, 6) is -1.48. The van der Waals surface area contributed by atoms with Crippen LogP contribution in [0.3, 0.4) is 0 Å². The molecule has 0 radical (unpaired) electrons. The van der Waals surface area contributed by atoms with Crippen LogP contribution in [0.5, 0.6) is 0 Å². The van der Waals surface area contributed by atoms with E-state index in [-0.39, 0.29) is 29.7 Å². The number of fused-ring (bicyclic) bond motifs is 4. The van der Waals surface area contributed by atoms with Gasteiger partial charge in [-0.1, -0.05) is 18.2 Å². The molecule has 2 aromatic carbocycles. The van der Waals surface area contributed by atoms with Gasteiger partial charge in [-0.15, -0.1) is 21.5 Å². The second-order valence-corrected chi connectivity index (χ2v) is 13.0. The molecule has 2 aliphatic heterocycles. The minimum atomic E-state index is -1.55. The van der Waals surface area contributed by atoms with Gasteiger partial charge in [0.15, 0.2) is 17.4 Å². The second-order valence-electron chi connectivity index (χ2n) is 12.0. The molecule has 0 aliphatic carbocycles. The van der Waals surface area contributed by atoms with Crippen LogP contribution in [0.4, 0.5) is 19.0 Å². The molecule has 4 aromatic heterocycles. The van der Waals surface area contributed by atoms with E-state index in [0.29, 0.717) is 76.9 Å². The number of rotatable bonds is 8. The number of hydrogen-bond donors (Lipinski definition) is 2. The van der Waals surface area contributed by atoms with E-state index in [0.717, 1.165) is 27.8 Å². The number of aromatic nitrogens is 4. The van der Waals surface area contributed by atoms with Crippen molar-refractivity contribution in [2.24, 2.45) is 0 Å². The molecule has 1 saturated heterocycles. The standard InChI is InChI=1S/C35H27F3N6O3S/c1-18-42-43-33(47-18)27-25(10-6-19-3-7-22(36)8-4-19)41-31-29(34(45)44-14-2-12-35(31,44)46)28(27)26-16-21-11-13-39-32(30(21)48-26)40-17-20-5-9-23(37)24(38)15-20/h3-5,7-9,11,13,15-16,46H,2,6,10,12,14,17H2,1H3,(H,39,40)/t35-/m0/s1. The summed E-state index contributed by atoms with van der Waals surface area (Å²) < 4.78 is 47.8. The Hall–Kier alpha value is -5.14. The molecule has 0 saturated carbocycles. The second kappa shape index (κ2) is 11.5. The highest BCUT2D eigenvalue weighted by Gasteiger charge is 2.54. The lowest BCUT2D eigenvalue weighted by atomic mass is 9.92. The number of benzene rings is 2. The number of carbonyl (C=O) groups is 1. The number of nitrogens with one attached hydrogen (secondary N) is 1. The van der Waals surface area contributed by atoms with E-state index in [4.69, 9.17) is 9.40 Å². The van der Waals surface area contributed by atoms with Gasteiger partial charge in [0.1, 0.15) is 17.3 Å². The number of aliphatic hydroxyl groups is 1. The van der Waals surface area contributed by atoms with E-state index >= 15 is 0 Å². The molecular weight excluding hydrogens is 641 g/mol. The molecule has 1 atom stereocenters. The summed E-state index contributed by atoms with van der Waals surface area (Å²) in [5.41, 5.74) is 2.02. The average Bonchev–Trinajstić information content (AvgIpc) is 3.85. The summed E-state index contributed by atoms with van der Waals surface area (Å²) in [4.78, 5) is 25.8. The lowest BCUT2D eigenvalue weighted by Crippen LogP contribution is -2.38. The predicted molar refractivity (Wildman–Crippen MR) is 173 cm³/mol. The van der Waals surface area contributed by atoms with Gasteiger partial charge in [-0.25, -0.2) is 18.2 Å². The van der Waals surface area contributed by atoms with E-state index in [1.54, 1.807) is 25.3 Å². The first-order chi connectivity index (χ1) is 23.2. The molecule has 0 unspecified atom stereocenters. The third kappa shape index (κ3) is 5.01. The Morgan fingerprint density at radius 2 is 1.79 bits per heavy atom. The number of halogens is 3. The third-order valence-electron chi connectivity index (χ3n) is 8.89. The number of amides is 1. The fourth-order valence-corrected chi connectivity index (χ4v) is 7.78. The van der Waals surface area contributed by atoms with Gasteiger partial charge >= 0.3 is 0 Å².